The molecule has 3 N–H and O–H groups in total. The van der Waals surface area contributed by atoms with E-state index in [2.05, 4.69) is 10.5 Å². The molecule has 0 atom stereocenters. The lowest BCUT2D eigenvalue weighted by Crippen LogP contribution is -2.06. The Labute approximate surface area is 149 Å². The second-order valence-corrected chi connectivity index (χ2v) is 5.47. The van der Waals surface area contributed by atoms with Gasteiger partial charge in [-0.2, -0.15) is 5.10 Å². The quantitative estimate of drug-likeness (QED) is 0.368. The van der Waals surface area contributed by atoms with Gasteiger partial charge in [-0.25, -0.2) is 0 Å². The molecule has 0 unspecified atom stereocenters. The van der Waals surface area contributed by atoms with Crippen LogP contribution in [0, 0.1) is 10.1 Å². The minimum Gasteiger partial charge on any atom is -0.508 e. The molecule has 0 amide bonds. The van der Waals surface area contributed by atoms with Crippen LogP contribution in [0.1, 0.15) is 11.1 Å². The van der Waals surface area contributed by atoms with Crippen molar-refractivity contribution in [2.24, 2.45) is 5.10 Å². The monoisotopic (exact) mass is 349 g/mol. The molecule has 0 aliphatic heterocycles. The van der Waals surface area contributed by atoms with Gasteiger partial charge in [-0.3, -0.25) is 15.5 Å². The van der Waals surface area contributed by atoms with Crippen molar-refractivity contribution >= 4 is 17.1 Å². The molecule has 3 rings (SSSR count). The van der Waals surface area contributed by atoms with Crippen molar-refractivity contribution in [2.45, 2.75) is 0 Å². The molecule has 0 aromatic heterocycles. The Kier molecular flexibility index (Phi) is 4.80. The highest BCUT2D eigenvalue weighted by atomic mass is 16.6. The van der Waals surface area contributed by atoms with E-state index in [1.54, 1.807) is 60.7 Å². The zero-order valence-corrected chi connectivity index (χ0v) is 13.5. The number of rotatable bonds is 5. The standard InChI is InChI=1S/C19H15N3O4/c23-17-9-1-13(2-10-17)19(14-3-11-18(24)12-4-14)21-20-15-5-7-16(8-6-15)22(25)26/h1-12,20,23-24H. The van der Waals surface area contributed by atoms with E-state index in [9.17, 15) is 20.3 Å². The summed E-state index contributed by atoms with van der Waals surface area (Å²) in [7, 11) is 0. The van der Waals surface area contributed by atoms with Gasteiger partial charge in [0.15, 0.2) is 0 Å². The molecule has 0 bridgehead atoms. The summed E-state index contributed by atoms with van der Waals surface area (Å²) in [4.78, 5) is 10.3. The van der Waals surface area contributed by atoms with Gasteiger partial charge in [0.1, 0.15) is 11.5 Å². The van der Waals surface area contributed by atoms with Crippen molar-refractivity contribution in [3.8, 4) is 11.5 Å². The van der Waals surface area contributed by atoms with Crippen molar-refractivity contribution in [3.63, 3.8) is 0 Å². The van der Waals surface area contributed by atoms with Crippen molar-refractivity contribution < 1.29 is 15.1 Å². The molecule has 0 saturated carbocycles. The van der Waals surface area contributed by atoms with Crippen LogP contribution in [0.5, 0.6) is 11.5 Å². The fourth-order valence-electron chi connectivity index (χ4n) is 2.31. The highest BCUT2D eigenvalue weighted by molar-refractivity contribution is 6.13. The molecule has 0 aliphatic carbocycles. The highest BCUT2D eigenvalue weighted by Gasteiger charge is 2.09. The molecule has 3 aromatic carbocycles. The van der Waals surface area contributed by atoms with Crippen LogP contribution < -0.4 is 5.43 Å². The Bertz CT molecular complexity index is 887. The Balaban J connectivity index is 1.94. The zero-order valence-electron chi connectivity index (χ0n) is 13.5. The molecule has 0 radical (unpaired) electrons. The number of phenolic OH excluding ortho intramolecular Hbond substituents is 2. The van der Waals surface area contributed by atoms with Gasteiger partial charge in [-0.05, 0) is 60.7 Å². The first-order valence-corrected chi connectivity index (χ1v) is 7.70. The third-order valence-corrected chi connectivity index (χ3v) is 3.66. The molecule has 3 aromatic rings. The Morgan fingerprint density at radius 1 is 0.808 bits per heavy atom. The molecule has 0 aliphatic rings. The number of aromatic hydroxyl groups is 2. The minimum atomic E-state index is -0.467. The summed E-state index contributed by atoms with van der Waals surface area (Å²) in [6.07, 6.45) is 0. The summed E-state index contributed by atoms with van der Waals surface area (Å²) >= 11 is 0. The fraction of sp³-hybridized carbons (Fsp3) is 0. The van der Waals surface area contributed by atoms with Crippen molar-refractivity contribution in [1.82, 2.24) is 0 Å². The number of benzene rings is 3. The van der Waals surface area contributed by atoms with Gasteiger partial charge < -0.3 is 10.2 Å². The van der Waals surface area contributed by atoms with Crippen molar-refractivity contribution in [3.05, 3.63) is 94.0 Å². The Hall–Kier alpha value is -3.87. The molecule has 7 heteroatoms. The van der Waals surface area contributed by atoms with Crippen LogP contribution in [0.2, 0.25) is 0 Å². The fourth-order valence-corrected chi connectivity index (χ4v) is 2.31. The van der Waals surface area contributed by atoms with Crippen LogP contribution in [0.3, 0.4) is 0 Å². The second kappa shape index (κ2) is 7.35. The van der Waals surface area contributed by atoms with Crippen LogP contribution in [0.15, 0.2) is 77.9 Å². The van der Waals surface area contributed by atoms with Crippen LogP contribution in [-0.4, -0.2) is 20.8 Å². The number of non-ortho nitro benzene ring substituents is 1. The van der Waals surface area contributed by atoms with Crippen LogP contribution in [-0.2, 0) is 0 Å². The van der Waals surface area contributed by atoms with Crippen molar-refractivity contribution in [1.29, 1.82) is 0 Å². The van der Waals surface area contributed by atoms with Crippen LogP contribution in [0.4, 0.5) is 11.4 Å². The van der Waals surface area contributed by atoms with Gasteiger partial charge in [0.25, 0.3) is 5.69 Å². The van der Waals surface area contributed by atoms with E-state index in [1.165, 1.54) is 12.1 Å². The lowest BCUT2D eigenvalue weighted by Gasteiger charge is -2.09. The minimum absolute atomic E-state index is 0.00294. The maximum Gasteiger partial charge on any atom is 0.269 e. The molecule has 130 valence electrons. The SMILES string of the molecule is O=[N+]([O-])c1ccc(NN=C(c2ccc(O)cc2)c2ccc(O)cc2)cc1. The largest absolute Gasteiger partial charge is 0.508 e. The van der Waals surface area contributed by atoms with Gasteiger partial charge in [0, 0.05) is 23.3 Å². The molecule has 0 spiro atoms. The third kappa shape index (κ3) is 3.96. The van der Waals surface area contributed by atoms with E-state index in [0.29, 0.717) is 11.4 Å². The number of nitro groups is 1. The van der Waals surface area contributed by atoms with Gasteiger partial charge in [0.05, 0.1) is 16.3 Å². The van der Waals surface area contributed by atoms with E-state index in [-0.39, 0.29) is 17.2 Å². The number of nitro benzene ring substituents is 1. The lowest BCUT2D eigenvalue weighted by molar-refractivity contribution is -0.384. The molecular weight excluding hydrogens is 334 g/mol. The average Bonchev–Trinajstić information content (AvgIpc) is 2.65. The second-order valence-electron chi connectivity index (χ2n) is 5.47. The summed E-state index contributed by atoms with van der Waals surface area (Å²) in [6, 6.07) is 19.0. The van der Waals surface area contributed by atoms with Gasteiger partial charge in [-0.1, -0.05) is 0 Å². The summed E-state index contributed by atoms with van der Waals surface area (Å²) < 4.78 is 0. The van der Waals surface area contributed by atoms with E-state index in [4.69, 9.17) is 0 Å². The van der Waals surface area contributed by atoms with E-state index in [1.807, 2.05) is 0 Å². The number of nitrogens with zero attached hydrogens (tertiary/aromatic N) is 2. The van der Waals surface area contributed by atoms with Crippen molar-refractivity contribution in [2.75, 3.05) is 5.43 Å². The molecule has 0 fully saturated rings. The molecule has 26 heavy (non-hydrogen) atoms. The first-order valence-electron chi connectivity index (χ1n) is 7.70. The highest BCUT2D eigenvalue weighted by Crippen LogP contribution is 2.19. The summed E-state index contributed by atoms with van der Waals surface area (Å²) in [5.41, 5.74) is 5.55. The maximum absolute atomic E-state index is 10.7. The zero-order chi connectivity index (χ0) is 18.5. The summed E-state index contributed by atoms with van der Waals surface area (Å²) in [5.74, 6) is 0.282. The lowest BCUT2D eigenvalue weighted by atomic mass is 10.0. The number of hydrogen-bond acceptors (Lipinski definition) is 6. The first-order chi connectivity index (χ1) is 12.5. The van der Waals surface area contributed by atoms with Crippen LogP contribution in [0.25, 0.3) is 0 Å². The molecule has 0 heterocycles. The Morgan fingerprint density at radius 3 is 1.69 bits per heavy atom. The van der Waals surface area contributed by atoms with Gasteiger partial charge in [-0.15, -0.1) is 0 Å². The topological polar surface area (TPSA) is 108 Å². The van der Waals surface area contributed by atoms with E-state index in [0.717, 1.165) is 11.1 Å². The predicted molar refractivity (Wildman–Crippen MR) is 98.6 cm³/mol. The Morgan fingerprint density at radius 2 is 1.27 bits per heavy atom. The first kappa shape index (κ1) is 17.0. The molecule has 0 saturated heterocycles. The average molecular weight is 349 g/mol. The molecular formula is C19H15N3O4. The molecule has 7 nitrogen and oxygen atoms in total. The number of phenols is 2. The van der Waals surface area contributed by atoms with Gasteiger partial charge in [0.2, 0.25) is 0 Å². The van der Waals surface area contributed by atoms with E-state index < -0.39 is 4.92 Å². The van der Waals surface area contributed by atoms with E-state index >= 15 is 0 Å². The summed E-state index contributed by atoms with van der Waals surface area (Å²) in [6.45, 7) is 0. The maximum atomic E-state index is 10.7. The van der Waals surface area contributed by atoms with Crippen LogP contribution >= 0.6 is 0 Å². The third-order valence-electron chi connectivity index (χ3n) is 3.66. The number of hydrogen-bond donors (Lipinski definition) is 3. The van der Waals surface area contributed by atoms with Gasteiger partial charge >= 0.3 is 0 Å². The smallest absolute Gasteiger partial charge is 0.269 e. The number of nitrogens with one attached hydrogen (secondary N) is 1. The number of hydrazone groups is 1. The summed E-state index contributed by atoms with van der Waals surface area (Å²) in [5, 5.41) is 34.1. The normalized spacial score (nSPS) is 10.2. The predicted octanol–water partition coefficient (Wildman–Crippen LogP) is 3.87. The number of anilines is 1.